The summed E-state index contributed by atoms with van der Waals surface area (Å²) in [6.45, 7) is 8.29. The van der Waals surface area contributed by atoms with E-state index in [0.717, 1.165) is 37.8 Å². The van der Waals surface area contributed by atoms with Gasteiger partial charge in [-0.3, -0.25) is 0 Å². The van der Waals surface area contributed by atoms with E-state index < -0.39 is 0 Å². The minimum atomic E-state index is 0.296. The average molecular weight is 244 g/mol. The van der Waals surface area contributed by atoms with Crippen LogP contribution in [0.4, 0.5) is 5.82 Å². The SMILES string of the molecule is C#Cc1cc(N2CCN(C)CC2)nc(C(C)C)n1. The largest absolute Gasteiger partial charge is 0.354 e. The zero-order chi connectivity index (χ0) is 13.1. The minimum absolute atomic E-state index is 0.296. The third kappa shape index (κ3) is 2.80. The van der Waals surface area contributed by atoms with Gasteiger partial charge in [-0.1, -0.05) is 19.8 Å². The fourth-order valence-corrected chi connectivity index (χ4v) is 1.98. The molecule has 0 radical (unpaired) electrons. The molecule has 2 heterocycles. The highest BCUT2D eigenvalue weighted by molar-refractivity contribution is 5.44. The van der Waals surface area contributed by atoms with Crippen molar-refractivity contribution in [1.82, 2.24) is 14.9 Å². The third-order valence-electron chi connectivity index (χ3n) is 3.22. The summed E-state index contributed by atoms with van der Waals surface area (Å²) in [5, 5.41) is 0. The van der Waals surface area contributed by atoms with Crippen LogP contribution in [-0.4, -0.2) is 48.1 Å². The van der Waals surface area contributed by atoms with Crippen LogP contribution < -0.4 is 4.90 Å². The summed E-state index contributed by atoms with van der Waals surface area (Å²) in [5.41, 5.74) is 0.683. The maximum absolute atomic E-state index is 5.47. The van der Waals surface area contributed by atoms with Crippen molar-refractivity contribution in [2.45, 2.75) is 19.8 Å². The Morgan fingerprint density at radius 1 is 1.22 bits per heavy atom. The number of hydrogen-bond donors (Lipinski definition) is 0. The summed E-state index contributed by atoms with van der Waals surface area (Å²) in [7, 11) is 2.14. The summed E-state index contributed by atoms with van der Waals surface area (Å²) in [6, 6.07) is 1.91. The van der Waals surface area contributed by atoms with Crippen molar-refractivity contribution in [2.24, 2.45) is 0 Å². The maximum Gasteiger partial charge on any atom is 0.134 e. The second-order valence-electron chi connectivity index (χ2n) is 5.06. The smallest absolute Gasteiger partial charge is 0.134 e. The fourth-order valence-electron chi connectivity index (χ4n) is 1.98. The summed E-state index contributed by atoms with van der Waals surface area (Å²) >= 11 is 0. The molecule has 0 spiro atoms. The van der Waals surface area contributed by atoms with Crippen LogP contribution in [0.3, 0.4) is 0 Å². The molecule has 0 amide bonds. The Balaban J connectivity index is 2.27. The van der Waals surface area contributed by atoms with E-state index in [1.165, 1.54) is 0 Å². The van der Waals surface area contributed by atoms with Gasteiger partial charge in [-0.05, 0) is 7.05 Å². The Labute approximate surface area is 109 Å². The van der Waals surface area contributed by atoms with Gasteiger partial charge >= 0.3 is 0 Å². The molecule has 4 nitrogen and oxygen atoms in total. The topological polar surface area (TPSA) is 32.3 Å². The molecule has 0 aromatic carbocycles. The molecule has 0 N–H and O–H groups in total. The second-order valence-corrected chi connectivity index (χ2v) is 5.06. The lowest BCUT2D eigenvalue weighted by atomic mass is 10.2. The van der Waals surface area contributed by atoms with Crippen molar-refractivity contribution in [3.8, 4) is 12.3 Å². The van der Waals surface area contributed by atoms with Gasteiger partial charge in [0.25, 0.3) is 0 Å². The Morgan fingerprint density at radius 3 is 2.44 bits per heavy atom. The van der Waals surface area contributed by atoms with Gasteiger partial charge in [0.2, 0.25) is 0 Å². The lowest BCUT2D eigenvalue weighted by molar-refractivity contribution is 0.312. The van der Waals surface area contributed by atoms with Crippen LogP contribution in [0.2, 0.25) is 0 Å². The van der Waals surface area contributed by atoms with Crippen LogP contribution in [0.25, 0.3) is 0 Å². The molecule has 1 aliphatic heterocycles. The number of likely N-dealkylation sites (N-methyl/N-ethyl adjacent to an activating group) is 1. The van der Waals surface area contributed by atoms with Gasteiger partial charge in [-0.15, -0.1) is 6.42 Å². The molecular weight excluding hydrogens is 224 g/mol. The van der Waals surface area contributed by atoms with E-state index in [4.69, 9.17) is 6.42 Å². The van der Waals surface area contributed by atoms with Crippen molar-refractivity contribution >= 4 is 5.82 Å². The predicted octanol–water partition coefficient (Wildman–Crippen LogP) is 1.33. The Bertz CT molecular complexity index is 453. The predicted molar refractivity (Wildman–Crippen MR) is 73.8 cm³/mol. The number of hydrogen-bond acceptors (Lipinski definition) is 4. The van der Waals surface area contributed by atoms with Crippen LogP contribution in [0, 0.1) is 12.3 Å². The van der Waals surface area contributed by atoms with E-state index in [-0.39, 0.29) is 0 Å². The molecule has 96 valence electrons. The lowest BCUT2D eigenvalue weighted by Crippen LogP contribution is -2.45. The molecule has 0 bridgehead atoms. The molecule has 0 saturated carbocycles. The van der Waals surface area contributed by atoms with Crippen molar-refractivity contribution in [3.63, 3.8) is 0 Å². The van der Waals surface area contributed by atoms with Crippen LogP contribution in [-0.2, 0) is 0 Å². The molecule has 1 aromatic rings. The molecule has 1 aliphatic rings. The van der Waals surface area contributed by atoms with Crippen molar-refractivity contribution in [3.05, 3.63) is 17.6 Å². The van der Waals surface area contributed by atoms with Crippen molar-refractivity contribution in [2.75, 3.05) is 38.1 Å². The number of piperazine rings is 1. The summed E-state index contributed by atoms with van der Waals surface area (Å²) in [5.74, 6) is 4.72. The first kappa shape index (κ1) is 12.8. The van der Waals surface area contributed by atoms with E-state index in [1.807, 2.05) is 6.07 Å². The van der Waals surface area contributed by atoms with Crippen molar-refractivity contribution < 1.29 is 0 Å². The number of terminal acetylenes is 1. The van der Waals surface area contributed by atoms with Crippen molar-refractivity contribution in [1.29, 1.82) is 0 Å². The molecular formula is C14H20N4. The molecule has 18 heavy (non-hydrogen) atoms. The zero-order valence-electron chi connectivity index (χ0n) is 11.3. The molecule has 0 aliphatic carbocycles. The first-order valence-corrected chi connectivity index (χ1v) is 6.39. The molecule has 4 heteroatoms. The first-order valence-electron chi connectivity index (χ1n) is 6.39. The highest BCUT2D eigenvalue weighted by Crippen LogP contribution is 2.18. The Morgan fingerprint density at radius 2 is 1.89 bits per heavy atom. The molecule has 0 atom stereocenters. The Kier molecular flexibility index (Phi) is 3.83. The standard InChI is InChI=1S/C14H20N4/c1-5-12-10-13(16-14(15-12)11(2)3)18-8-6-17(4)7-9-18/h1,10-11H,6-9H2,2-4H3. The zero-order valence-corrected chi connectivity index (χ0v) is 11.3. The van der Waals surface area contributed by atoms with Crippen LogP contribution >= 0.6 is 0 Å². The molecule has 1 fully saturated rings. The third-order valence-corrected chi connectivity index (χ3v) is 3.22. The highest BCUT2D eigenvalue weighted by Gasteiger charge is 2.17. The average Bonchev–Trinajstić information content (AvgIpc) is 2.39. The quantitative estimate of drug-likeness (QED) is 0.735. The van der Waals surface area contributed by atoms with Gasteiger partial charge in [0, 0.05) is 38.2 Å². The van der Waals surface area contributed by atoms with E-state index >= 15 is 0 Å². The highest BCUT2D eigenvalue weighted by atomic mass is 15.3. The maximum atomic E-state index is 5.47. The molecule has 2 rings (SSSR count). The van der Waals surface area contributed by atoms with Crippen LogP contribution in [0.15, 0.2) is 6.07 Å². The summed E-state index contributed by atoms with van der Waals surface area (Å²) < 4.78 is 0. The monoisotopic (exact) mass is 244 g/mol. The first-order chi connectivity index (χ1) is 8.60. The van der Waals surface area contributed by atoms with Crippen LogP contribution in [0.1, 0.15) is 31.3 Å². The van der Waals surface area contributed by atoms with E-state index in [0.29, 0.717) is 11.6 Å². The number of anilines is 1. The lowest BCUT2D eigenvalue weighted by Gasteiger charge is -2.33. The summed E-state index contributed by atoms with van der Waals surface area (Å²) in [4.78, 5) is 13.6. The van der Waals surface area contributed by atoms with E-state index in [2.05, 4.69) is 46.6 Å². The molecule has 1 saturated heterocycles. The molecule has 1 aromatic heterocycles. The number of rotatable bonds is 2. The summed E-state index contributed by atoms with van der Waals surface area (Å²) in [6.07, 6.45) is 5.47. The van der Waals surface area contributed by atoms with Gasteiger partial charge in [0.15, 0.2) is 0 Å². The van der Waals surface area contributed by atoms with Gasteiger partial charge in [-0.25, -0.2) is 9.97 Å². The Hall–Kier alpha value is -1.60. The van der Waals surface area contributed by atoms with E-state index in [1.54, 1.807) is 0 Å². The van der Waals surface area contributed by atoms with Gasteiger partial charge in [0.1, 0.15) is 17.3 Å². The van der Waals surface area contributed by atoms with E-state index in [9.17, 15) is 0 Å². The van der Waals surface area contributed by atoms with Gasteiger partial charge in [-0.2, -0.15) is 0 Å². The number of aromatic nitrogens is 2. The minimum Gasteiger partial charge on any atom is -0.354 e. The molecule has 0 unspecified atom stereocenters. The van der Waals surface area contributed by atoms with Crippen LogP contribution in [0.5, 0.6) is 0 Å². The second kappa shape index (κ2) is 5.36. The normalized spacial score (nSPS) is 16.9. The van der Waals surface area contributed by atoms with Gasteiger partial charge in [0.05, 0.1) is 0 Å². The number of nitrogens with zero attached hydrogens (tertiary/aromatic N) is 4. The fraction of sp³-hybridized carbons (Fsp3) is 0.571. The van der Waals surface area contributed by atoms with Gasteiger partial charge < -0.3 is 9.80 Å².